The molecular weight excluding hydrogens is 250 g/mol. The fraction of sp³-hybridized carbons (Fsp3) is 0.562. The minimum atomic E-state index is 0.0889. The number of nitrogens with one attached hydrogen (secondary N) is 2. The predicted molar refractivity (Wildman–Crippen MR) is 81.2 cm³/mol. The Kier molecular flexibility index (Phi) is 4.21. The van der Waals surface area contributed by atoms with Crippen LogP contribution in [0.3, 0.4) is 0 Å². The van der Waals surface area contributed by atoms with E-state index in [1.807, 2.05) is 18.2 Å². The van der Waals surface area contributed by atoms with Crippen LogP contribution in [0, 0.1) is 0 Å². The smallest absolute Gasteiger partial charge is 0.253 e. The van der Waals surface area contributed by atoms with Crippen LogP contribution in [0.4, 0.5) is 5.69 Å². The number of anilines is 1. The Hall–Kier alpha value is -1.55. The Bertz CT molecular complexity index is 463. The molecule has 1 aromatic carbocycles. The first kappa shape index (κ1) is 13.4. The summed E-state index contributed by atoms with van der Waals surface area (Å²) in [5.41, 5.74) is 1.89. The van der Waals surface area contributed by atoms with Crippen LogP contribution >= 0.6 is 0 Å². The second-order valence-electron chi connectivity index (χ2n) is 5.71. The van der Waals surface area contributed by atoms with Gasteiger partial charge in [-0.3, -0.25) is 4.79 Å². The molecule has 0 bridgehead atoms. The highest BCUT2D eigenvalue weighted by atomic mass is 16.1. The van der Waals surface area contributed by atoms with Gasteiger partial charge in [-0.05, 0) is 25.0 Å². The molecule has 2 aliphatic rings. The van der Waals surface area contributed by atoms with Crippen molar-refractivity contribution in [2.75, 3.05) is 31.1 Å². The number of para-hydroxylation sites is 1. The van der Waals surface area contributed by atoms with Gasteiger partial charge >= 0.3 is 0 Å². The van der Waals surface area contributed by atoms with E-state index in [-0.39, 0.29) is 5.91 Å². The topological polar surface area (TPSA) is 44.4 Å². The fourth-order valence-corrected chi connectivity index (χ4v) is 3.18. The molecular formula is C16H23N3O. The van der Waals surface area contributed by atoms with Crippen molar-refractivity contribution in [2.45, 2.75) is 31.7 Å². The summed E-state index contributed by atoms with van der Waals surface area (Å²) >= 11 is 0. The van der Waals surface area contributed by atoms with Crippen molar-refractivity contribution in [1.29, 1.82) is 0 Å². The summed E-state index contributed by atoms with van der Waals surface area (Å²) in [5, 5.41) is 6.54. The van der Waals surface area contributed by atoms with Crippen molar-refractivity contribution < 1.29 is 4.79 Å². The van der Waals surface area contributed by atoms with E-state index < -0.39 is 0 Å². The number of rotatable bonds is 3. The van der Waals surface area contributed by atoms with Crippen LogP contribution in [0.25, 0.3) is 0 Å². The van der Waals surface area contributed by atoms with Crippen molar-refractivity contribution >= 4 is 11.6 Å². The number of piperazine rings is 1. The van der Waals surface area contributed by atoms with E-state index in [4.69, 9.17) is 0 Å². The average molecular weight is 273 g/mol. The van der Waals surface area contributed by atoms with Crippen molar-refractivity contribution in [2.24, 2.45) is 0 Å². The first-order valence-corrected chi connectivity index (χ1v) is 7.70. The molecule has 1 saturated carbocycles. The van der Waals surface area contributed by atoms with Crippen molar-refractivity contribution in [3.63, 3.8) is 0 Å². The van der Waals surface area contributed by atoms with E-state index in [1.54, 1.807) is 0 Å². The molecule has 1 heterocycles. The average Bonchev–Trinajstić information content (AvgIpc) is 3.01. The fourth-order valence-electron chi connectivity index (χ4n) is 3.18. The summed E-state index contributed by atoms with van der Waals surface area (Å²) in [6.07, 6.45) is 4.73. The highest BCUT2D eigenvalue weighted by molar-refractivity contribution is 6.00. The van der Waals surface area contributed by atoms with Gasteiger partial charge in [-0.25, -0.2) is 0 Å². The zero-order valence-corrected chi connectivity index (χ0v) is 11.9. The molecule has 1 amide bonds. The molecule has 0 unspecified atom stereocenters. The summed E-state index contributed by atoms with van der Waals surface area (Å²) in [6, 6.07) is 8.36. The van der Waals surface area contributed by atoms with Gasteiger partial charge in [-0.15, -0.1) is 0 Å². The standard InChI is InChI=1S/C16H23N3O/c20-16(18-13-5-1-2-6-13)14-7-3-4-8-15(14)19-11-9-17-10-12-19/h3-4,7-8,13,17H,1-2,5-6,9-12H2,(H,18,20). The third-order valence-corrected chi connectivity index (χ3v) is 4.30. The molecule has 4 heteroatoms. The lowest BCUT2D eigenvalue weighted by atomic mass is 10.1. The van der Waals surface area contributed by atoms with Gasteiger partial charge in [0.1, 0.15) is 0 Å². The second-order valence-corrected chi connectivity index (χ2v) is 5.71. The molecule has 2 fully saturated rings. The highest BCUT2D eigenvalue weighted by Gasteiger charge is 2.21. The summed E-state index contributed by atoms with van der Waals surface area (Å²) in [5.74, 6) is 0.0889. The molecule has 4 nitrogen and oxygen atoms in total. The first-order chi connectivity index (χ1) is 9.84. The van der Waals surface area contributed by atoms with E-state index in [0.29, 0.717) is 6.04 Å². The van der Waals surface area contributed by atoms with Gasteiger partial charge < -0.3 is 15.5 Å². The number of hydrogen-bond donors (Lipinski definition) is 2. The van der Waals surface area contributed by atoms with Crippen molar-refractivity contribution in [3.05, 3.63) is 29.8 Å². The second kappa shape index (κ2) is 6.27. The molecule has 1 aliphatic carbocycles. The van der Waals surface area contributed by atoms with Gasteiger partial charge in [0.05, 0.1) is 5.56 Å². The maximum Gasteiger partial charge on any atom is 0.253 e. The first-order valence-electron chi connectivity index (χ1n) is 7.70. The molecule has 0 radical (unpaired) electrons. The van der Waals surface area contributed by atoms with E-state index in [1.165, 1.54) is 12.8 Å². The summed E-state index contributed by atoms with van der Waals surface area (Å²) in [6.45, 7) is 3.90. The Morgan fingerprint density at radius 2 is 1.85 bits per heavy atom. The molecule has 0 atom stereocenters. The summed E-state index contributed by atoms with van der Waals surface area (Å²) in [4.78, 5) is 14.8. The van der Waals surface area contributed by atoms with Crippen molar-refractivity contribution in [1.82, 2.24) is 10.6 Å². The maximum absolute atomic E-state index is 12.5. The van der Waals surface area contributed by atoms with Crippen LogP contribution in [0.2, 0.25) is 0 Å². The number of hydrogen-bond acceptors (Lipinski definition) is 3. The third kappa shape index (κ3) is 2.96. The normalized spacial score (nSPS) is 20.1. The Morgan fingerprint density at radius 1 is 1.15 bits per heavy atom. The number of amides is 1. The van der Waals surface area contributed by atoms with E-state index in [0.717, 1.165) is 50.3 Å². The summed E-state index contributed by atoms with van der Waals surface area (Å²) < 4.78 is 0. The van der Waals surface area contributed by atoms with Gasteiger partial charge in [0.25, 0.3) is 5.91 Å². The van der Waals surface area contributed by atoms with Gasteiger partial charge in [0, 0.05) is 37.9 Å². The monoisotopic (exact) mass is 273 g/mol. The number of benzene rings is 1. The van der Waals surface area contributed by atoms with E-state index >= 15 is 0 Å². The minimum Gasteiger partial charge on any atom is -0.368 e. The molecule has 1 saturated heterocycles. The van der Waals surface area contributed by atoms with Crippen LogP contribution in [0.15, 0.2) is 24.3 Å². The Morgan fingerprint density at radius 3 is 2.60 bits per heavy atom. The zero-order chi connectivity index (χ0) is 13.8. The molecule has 108 valence electrons. The van der Waals surface area contributed by atoms with Crippen LogP contribution < -0.4 is 15.5 Å². The van der Waals surface area contributed by atoms with Crippen LogP contribution in [0.5, 0.6) is 0 Å². The Labute approximate surface area is 120 Å². The van der Waals surface area contributed by atoms with Crippen molar-refractivity contribution in [3.8, 4) is 0 Å². The highest BCUT2D eigenvalue weighted by Crippen LogP contribution is 2.23. The minimum absolute atomic E-state index is 0.0889. The number of carbonyl (C=O) groups is 1. The molecule has 3 rings (SSSR count). The lowest BCUT2D eigenvalue weighted by Gasteiger charge is -2.31. The van der Waals surface area contributed by atoms with Crippen LogP contribution in [-0.4, -0.2) is 38.1 Å². The van der Waals surface area contributed by atoms with Gasteiger partial charge in [-0.1, -0.05) is 25.0 Å². The van der Waals surface area contributed by atoms with Gasteiger partial charge in [-0.2, -0.15) is 0 Å². The molecule has 1 aliphatic heterocycles. The predicted octanol–water partition coefficient (Wildman–Crippen LogP) is 1.77. The van der Waals surface area contributed by atoms with Crippen LogP contribution in [-0.2, 0) is 0 Å². The number of nitrogens with zero attached hydrogens (tertiary/aromatic N) is 1. The van der Waals surface area contributed by atoms with Crippen LogP contribution in [0.1, 0.15) is 36.0 Å². The summed E-state index contributed by atoms with van der Waals surface area (Å²) in [7, 11) is 0. The lowest BCUT2D eigenvalue weighted by Crippen LogP contribution is -2.44. The largest absolute Gasteiger partial charge is 0.368 e. The number of carbonyl (C=O) groups excluding carboxylic acids is 1. The van der Waals surface area contributed by atoms with Gasteiger partial charge in [0.15, 0.2) is 0 Å². The lowest BCUT2D eigenvalue weighted by molar-refractivity contribution is 0.0938. The molecule has 0 spiro atoms. The van der Waals surface area contributed by atoms with E-state index in [9.17, 15) is 4.79 Å². The maximum atomic E-state index is 12.5. The van der Waals surface area contributed by atoms with E-state index in [2.05, 4.69) is 21.6 Å². The molecule has 0 aromatic heterocycles. The molecule has 1 aromatic rings. The third-order valence-electron chi connectivity index (χ3n) is 4.30. The zero-order valence-electron chi connectivity index (χ0n) is 11.9. The Balaban J connectivity index is 1.75. The SMILES string of the molecule is O=C(NC1CCCC1)c1ccccc1N1CCNCC1. The quantitative estimate of drug-likeness (QED) is 0.882. The van der Waals surface area contributed by atoms with Gasteiger partial charge in [0.2, 0.25) is 0 Å². The molecule has 2 N–H and O–H groups in total. The molecule has 20 heavy (non-hydrogen) atoms.